The molecule has 3 rings (SSSR count). The Morgan fingerprint density at radius 2 is 2.00 bits per heavy atom. The fourth-order valence-electron chi connectivity index (χ4n) is 1.98. The molecule has 0 aliphatic rings. The number of benzene rings is 1. The van der Waals surface area contributed by atoms with E-state index in [0.717, 1.165) is 16.8 Å². The molecule has 0 spiro atoms. The lowest BCUT2D eigenvalue weighted by atomic mass is 10.2. The number of pyridine rings is 1. The van der Waals surface area contributed by atoms with Gasteiger partial charge in [-0.3, -0.25) is 15.1 Å². The van der Waals surface area contributed by atoms with E-state index in [0.29, 0.717) is 5.69 Å². The molecule has 0 N–H and O–H groups in total. The number of sulfone groups is 1. The van der Waals surface area contributed by atoms with Crippen molar-refractivity contribution in [1.82, 2.24) is 15.1 Å². The Kier molecular flexibility index (Phi) is 4.35. The molecule has 0 radical (unpaired) electrons. The minimum atomic E-state index is -3.65. The highest BCUT2D eigenvalue weighted by Gasteiger charge is 2.20. The van der Waals surface area contributed by atoms with Crippen LogP contribution in [0.2, 0.25) is 0 Å². The van der Waals surface area contributed by atoms with Crippen LogP contribution in [0.3, 0.4) is 0 Å². The molecule has 1 aromatic carbocycles. The number of nitro benzene ring substituents is 1. The second-order valence-corrected chi connectivity index (χ2v) is 7.96. The molecule has 2 heterocycles. The molecule has 2 aromatic heterocycles. The molecule has 0 aliphatic carbocycles. The van der Waals surface area contributed by atoms with Gasteiger partial charge in [0.1, 0.15) is 5.69 Å². The molecule has 0 amide bonds. The Morgan fingerprint density at radius 3 is 2.60 bits per heavy atom. The summed E-state index contributed by atoms with van der Waals surface area (Å²) >= 11 is 3.26. The van der Waals surface area contributed by atoms with Crippen molar-refractivity contribution in [2.24, 2.45) is 0 Å². The average molecular weight is 425 g/mol. The van der Waals surface area contributed by atoms with Crippen LogP contribution in [0.15, 0.2) is 50.4 Å². The van der Waals surface area contributed by atoms with Gasteiger partial charge in [-0.2, -0.15) is 4.98 Å². The smallest absolute Gasteiger partial charge is 0.271 e. The van der Waals surface area contributed by atoms with Gasteiger partial charge in [-0.1, -0.05) is 5.16 Å². The Hall–Kier alpha value is -2.66. The number of rotatable bonds is 4. The molecular weight excluding hydrogens is 416 g/mol. The first kappa shape index (κ1) is 17.2. The summed E-state index contributed by atoms with van der Waals surface area (Å²) in [5.74, 6) is 0.128. The molecule has 0 fully saturated rings. The van der Waals surface area contributed by atoms with Gasteiger partial charge in [0.15, 0.2) is 9.84 Å². The third-order valence-corrected chi connectivity index (χ3v) is 4.72. The van der Waals surface area contributed by atoms with Crippen LogP contribution in [0.5, 0.6) is 0 Å². The minimum absolute atomic E-state index is 0.0479. The number of hydrogen-bond donors (Lipinski definition) is 0. The van der Waals surface area contributed by atoms with Crippen molar-refractivity contribution < 1.29 is 17.9 Å². The summed E-state index contributed by atoms with van der Waals surface area (Å²) in [5.41, 5.74) is 0.178. The highest BCUT2D eigenvalue weighted by Crippen LogP contribution is 2.28. The molecule has 25 heavy (non-hydrogen) atoms. The lowest BCUT2D eigenvalue weighted by molar-refractivity contribution is -0.385. The number of halogens is 1. The first-order chi connectivity index (χ1) is 11.7. The van der Waals surface area contributed by atoms with E-state index >= 15 is 0 Å². The molecule has 0 atom stereocenters. The lowest BCUT2D eigenvalue weighted by Gasteiger charge is -2.01. The van der Waals surface area contributed by atoms with E-state index in [1.807, 2.05) is 0 Å². The summed E-state index contributed by atoms with van der Waals surface area (Å²) in [4.78, 5) is 18.4. The summed E-state index contributed by atoms with van der Waals surface area (Å²) in [6.45, 7) is 0. The zero-order chi connectivity index (χ0) is 18.2. The van der Waals surface area contributed by atoms with Crippen LogP contribution in [-0.2, 0) is 9.84 Å². The third kappa shape index (κ3) is 3.72. The van der Waals surface area contributed by atoms with Gasteiger partial charge in [0.2, 0.25) is 5.82 Å². The predicted molar refractivity (Wildman–Crippen MR) is 90.4 cm³/mol. The molecule has 0 bridgehead atoms. The largest absolute Gasteiger partial charge is 0.334 e. The molecule has 3 aromatic rings. The normalized spacial score (nSPS) is 11.4. The zero-order valence-electron chi connectivity index (χ0n) is 12.6. The summed E-state index contributed by atoms with van der Waals surface area (Å²) in [6, 6.07) is 6.80. The van der Waals surface area contributed by atoms with Crippen LogP contribution >= 0.6 is 15.9 Å². The van der Waals surface area contributed by atoms with Crippen molar-refractivity contribution in [3.05, 3.63) is 51.1 Å². The summed E-state index contributed by atoms with van der Waals surface area (Å²) in [6.07, 6.45) is 2.52. The second-order valence-electron chi connectivity index (χ2n) is 5.03. The fraction of sp³-hybridized carbons (Fsp3) is 0.0714. The highest BCUT2D eigenvalue weighted by molar-refractivity contribution is 9.10. The quantitative estimate of drug-likeness (QED) is 0.461. The van der Waals surface area contributed by atoms with Crippen LogP contribution in [0.25, 0.3) is 23.0 Å². The van der Waals surface area contributed by atoms with Gasteiger partial charge in [-0.15, -0.1) is 0 Å². The van der Waals surface area contributed by atoms with E-state index < -0.39 is 14.8 Å². The van der Waals surface area contributed by atoms with Gasteiger partial charge in [0, 0.05) is 34.6 Å². The Balaban J connectivity index is 2.09. The molecule has 0 saturated carbocycles. The first-order valence-corrected chi connectivity index (χ1v) is 9.38. The topological polar surface area (TPSA) is 129 Å². The first-order valence-electron chi connectivity index (χ1n) is 6.69. The standard InChI is InChI=1S/C14H9BrN4O5S/c1-25(22,23)11-5-8(4-10(6-11)19(20)21)14-17-13(18-24-14)12-3-2-9(15)7-16-12/h2-7H,1H3. The van der Waals surface area contributed by atoms with E-state index in [9.17, 15) is 18.5 Å². The van der Waals surface area contributed by atoms with Gasteiger partial charge in [-0.25, -0.2) is 8.42 Å². The summed E-state index contributed by atoms with van der Waals surface area (Å²) < 4.78 is 29.4. The van der Waals surface area contributed by atoms with E-state index in [2.05, 4.69) is 31.1 Å². The lowest BCUT2D eigenvalue weighted by Crippen LogP contribution is -1.99. The van der Waals surface area contributed by atoms with Crippen LogP contribution in [0.4, 0.5) is 5.69 Å². The van der Waals surface area contributed by atoms with Gasteiger partial charge in [-0.05, 0) is 34.1 Å². The number of nitrogens with zero attached hydrogens (tertiary/aromatic N) is 4. The number of non-ortho nitro benzene ring substituents is 1. The van der Waals surface area contributed by atoms with Gasteiger partial charge >= 0.3 is 0 Å². The minimum Gasteiger partial charge on any atom is -0.334 e. The van der Waals surface area contributed by atoms with Crippen molar-refractivity contribution in [1.29, 1.82) is 0 Å². The third-order valence-electron chi connectivity index (χ3n) is 3.16. The number of hydrogen-bond acceptors (Lipinski definition) is 8. The molecule has 0 unspecified atom stereocenters. The monoisotopic (exact) mass is 424 g/mol. The predicted octanol–water partition coefficient (Wildman–Crippen LogP) is 2.87. The molecule has 0 saturated heterocycles. The molecule has 128 valence electrons. The highest BCUT2D eigenvalue weighted by atomic mass is 79.9. The Labute approximate surface area is 149 Å². The van der Waals surface area contributed by atoms with Crippen molar-refractivity contribution >= 4 is 31.5 Å². The molecule has 11 heteroatoms. The summed E-state index contributed by atoms with van der Waals surface area (Å²) in [5, 5.41) is 14.8. The van der Waals surface area contributed by atoms with Gasteiger partial charge in [0.25, 0.3) is 11.6 Å². The van der Waals surface area contributed by atoms with E-state index in [1.165, 1.54) is 12.1 Å². The Morgan fingerprint density at radius 1 is 1.24 bits per heavy atom. The van der Waals surface area contributed by atoms with E-state index in [-0.39, 0.29) is 27.9 Å². The average Bonchev–Trinajstić information content (AvgIpc) is 3.04. The van der Waals surface area contributed by atoms with Crippen molar-refractivity contribution in [3.8, 4) is 23.0 Å². The SMILES string of the molecule is CS(=O)(=O)c1cc(-c2nc(-c3ccc(Br)cn3)no2)cc([N+](=O)[O-])c1. The van der Waals surface area contributed by atoms with E-state index in [4.69, 9.17) is 4.52 Å². The van der Waals surface area contributed by atoms with Crippen LogP contribution in [0.1, 0.15) is 0 Å². The number of nitro groups is 1. The fourth-order valence-corrected chi connectivity index (χ4v) is 2.89. The van der Waals surface area contributed by atoms with Crippen molar-refractivity contribution in [2.45, 2.75) is 4.90 Å². The van der Waals surface area contributed by atoms with Gasteiger partial charge < -0.3 is 4.52 Å². The number of aromatic nitrogens is 3. The maximum atomic E-state index is 11.7. The van der Waals surface area contributed by atoms with Crippen LogP contribution in [0, 0.1) is 10.1 Å². The van der Waals surface area contributed by atoms with Gasteiger partial charge in [0.05, 0.1) is 9.82 Å². The molecule has 0 aliphatic heterocycles. The van der Waals surface area contributed by atoms with Crippen molar-refractivity contribution in [3.63, 3.8) is 0 Å². The van der Waals surface area contributed by atoms with E-state index in [1.54, 1.807) is 18.3 Å². The van der Waals surface area contributed by atoms with Crippen molar-refractivity contribution in [2.75, 3.05) is 6.26 Å². The summed E-state index contributed by atoms with van der Waals surface area (Å²) in [7, 11) is -3.65. The maximum absolute atomic E-state index is 11.7. The van der Waals surface area contributed by atoms with Crippen LogP contribution < -0.4 is 0 Å². The Bertz CT molecular complexity index is 1060. The zero-order valence-corrected chi connectivity index (χ0v) is 15.0. The maximum Gasteiger partial charge on any atom is 0.271 e. The molecule has 9 nitrogen and oxygen atoms in total. The van der Waals surface area contributed by atoms with Crippen LogP contribution in [-0.4, -0.2) is 34.7 Å². The second kappa shape index (κ2) is 6.33. The molecular formula is C14H9BrN4O5S.